The summed E-state index contributed by atoms with van der Waals surface area (Å²) in [6.07, 6.45) is 3.98. The highest BCUT2D eigenvalue weighted by molar-refractivity contribution is 5.78. The molecule has 2 aromatic carbocycles. The molecule has 1 heterocycles. The van der Waals surface area contributed by atoms with Crippen LogP contribution in [0.2, 0.25) is 0 Å². The van der Waals surface area contributed by atoms with Gasteiger partial charge in [-0.1, -0.05) is 36.4 Å². The van der Waals surface area contributed by atoms with Gasteiger partial charge < -0.3 is 19.7 Å². The molecule has 1 saturated heterocycles. The lowest BCUT2D eigenvalue weighted by Crippen LogP contribution is -2.54. The Morgan fingerprint density at radius 1 is 0.968 bits per heavy atom. The lowest BCUT2D eigenvalue weighted by atomic mass is 9.69. The van der Waals surface area contributed by atoms with Crippen molar-refractivity contribution in [1.82, 2.24) is 15.1 Å². The average molecular weight is 424 g/mol. The first-order valence-electron chi connectivity index (χ1n) is 10.9. The minimum Gasteiger partial charge on any atom is -0.493 e. The molecular weight excluding hydrogens is 390 g/mol. The number of benzene rings is 2. The minimum absolute atomic E-state index is 0.0202. The molecule has 0 unspecified atom stereocenters. The standard InChI is InChI=1S/C25H33N3O3/c1-27(2)25(20-8-6-5-7-9-20)14-12-24(13-15-25)18-28(23(29)26-24)17-19-10-11-21(30-3)22(16-19)31-4/h5-11,16H,12-15,17-18H2,1-4H3,(H,26,29)/t24-,25-. The van der Waals surface area contributed by atoms with Gasteiger partial charge in [-0.15, -0.1) is 0 Å². The summed E-state index contributed by atoms with van der Waals surface area (Å²) in [5.74, 6) is 1.38. The SMILES string of the molecule is COc1ccc(CN2C[C@]3(CC[C@@](c4ccccc4)(N(C)C)CC3)NC2=O)cc1OC. The molecule has 2 aliphatic rings. The van der Waals surface area contributed by atoms with Gasteiger partial charge in [-0.3, -0.25) is 4.90 Å². The van der Waals surface area contributed by atoms with Crippen molar-refractivity contribution in [2.75, 3.05) is 34.9 Å². The second-order valence-electron chi connectivity index (χ2n) is 9.05. The van der Waals surface area contributed by atoms with Crippen LogP contribution in [-0.2, 0) is 12.1 Å². The van der Waals surface area contributed by atoms with E-state index in [2.05, 4.69) is 54.6 Å². The Kier molecular flexibility index (Phi) is 5.84. The van der Waals surface area contributed by atoms with Gasteiger partial charge >= 0.3 is 6.03 Å². The third kappa shape index (κ3) is 3.97. The van der Waals surface area contributed by atoms with Crippen molar-refractivity contribution < 1.29 is 14.3 Å². The number of hydrogen-bond acceptors (Lipinski definition) is 4. The molecule has 1 saturated carbocycles. The fraction of sp³-hybridized carbons (Fsp3) is 0.480. The lowest BCUT2D eigenvalue weighted by Gasteiger charge is -2.48. The highest BCUT2D eigenvalue weighted by Crippen LogP contribution is 2.46. The quantitative estimate of drug-likeness (QED) is 0.763. The zero-order chi connectivity index (χ0) is 22.1. The first-order chi connectivity index (χ1) is 14.9. The smallest absolute Gasteiger partial charge is 0.318 e. The lowest BCUT2D eigenvalue weighted by molar-refractivity contribution is 0.0617. The van der Waals surface area contributed by atoms with Gasteiger partial charge in [0.25, 0.3) is 0 Å². The Bertz CT molecular complexity index is 921. The van der Waals surface area contributed by atoms with E-state index in [0.717, 1.165) is 37.8 Å². The molecule has 0 atom stereocenters. The van der Waals surface area contributed by atoms with Crippen molar-refractivity contribution in [2.24, 2.45) is 0 Å². The number of hydrogen-bond donors (Lipinski definition) is 1. The van der Waals surface area contributed by atoms with Gasteiger partial charge in [0.05, 0.1) is 19.8 Å². The molecule has 2 fully saturated rings. The molecule has 2 aromatic rings. The summed E-state index contributed by atoms with van der Waals surface area (Å²) >= 11 is 0. The average Bonchev–Trinajstić information content (AvgIpc) is 3.09. The number of methoxy groups -OCH3 is 2. The third-order valence-electron chi connectivity index (χ3n) is 7.18. The largest absolute Gasteiger partial charge is 0.493 e. The molecule has 1 aliphatic carbocycles. The van der Waals surface area contributed by atoms with E-state index in [1.165, 1.54) is 5.56 Å². The summed E-state index contributed by atoms with van der Waals surface area (Å²) in [7, 11) is 7.59. The van der Waals surface area contributed by atoms with E-state index in [0.29, 0.717) is 18.0 Å². The molecule has 0 aromatic heterocycles. The Balaban J connectivity index is 1.47. The van der Waals surface area contributed by atoms with Gasteiger partial charge in [0.2, 0.25) is 0 Å². The first kappa shape index (κ1) is 21.5. The molecule has 31 heavy (non-hydrogen) atoms. The second kappa shape index (κ2) is 8.42. The molecule has 4 rings (SSSR count). The molecular formula is C25H33N3O3. The Morgan fingerprint density at radius 2 is 1.65 bits per heavy atom. The third-order valence-corrected chi connectivity index (χ3v) is 7.18. The fourth-order valence-corrected chi connectivity index (χ4v) is 5.28. The van der Waals surface area contributed by atoms with Gasteiger partial charge in [-0.05, 0) is 63.0 Å². The van der Waals surface area contributed by atoms with E-state index in [1.807, 2.05) is 23.1 Å². The molecule has 166 valence electrons. The summed E-state index contributed by atoms with van der Waals surface area (Å²) in [6, 6.07) is 16.6. The topological polar surface area (TPSA) is 54.0 Å². The van der Waals surface area contributed by atoms with Crippen LogP contribution in [0.5, 0.6) is 11.5 Å². The van der Waals surface area contributed by atoms with Crippen molar-refractivity contribution in [2.45, 2.75) is 43.3 Å². The van der Waals surface area contributed by atoms with Crippen molar-refractivity contribution in [3.05, 3.63) is 59.7 Å². The Labute approximate surface area is 185 Å². The van der Waals surface area contributed by atoms with E-state index in [9.17, 15) is 4.79 Å². The number of nitrogens with one attached hydrogen (secondary N) is 1. The maximum Gasteiger partial charge on any atom is 0.318 e. The number of urea groups is 1. The summed E-state index contributed by atoms with van der Waals surface area (Å²) in [6.45, 7) is 1.30. The van der Waals surface area contributed by atoms with Gasteiger partial charge in [0.1, 0.15) is 0 Å². The van der Waals surface area contributed by atoms with Gasteiger partial charge in [0.15, 0.2) is 11.5 Å². The molecule has 0 bridgehead atoms. The van der Waals surface area contributed by atoms with Crippen LogP contribution in [0.3, 0.4) is 0 Å². The number of ether oxygens (including phenoxy) is 2. The van der Waals surface area contributed by atoms with Gasteiger partial charge in [-0.25, -0.2) is 4.79 Å². The number of rotatable bonds is 6. The fourth-order valence-electron chi connectivity index (χ4n) is 5.28. The molecule has 6 heteroatoms. The number of amides is 2. The van der Waals surface area contributed by atoms with Gasteiger partial charge in [0, 0.05) is 18.6 Å². The maximum atomic E-state index is 12.8. The highest BCUT2D eigenvalue weighted by Gasteiger charge is 2.49. The highest BCUT2D eigenvalue weighted by atomic mass is 16.5. The van der Waals surface area contributed by atoms with Crippen LogP contribution in [0.1, 0.15) is 36.8 Å². The van der Waals surface area contributed by atoms with Crippen LogP contribution in [0.25, 0.3) is 0 Å². The van der Waals surface area contributed by atoms with Crippen LogP contribution < -0.4 is 14.8 Å². The van der Waals surface area contributed by atoms with Crippen molar-refractivity contribution >= 4 is 6.03 Å². The van der Waals surface area contributed by atoms with Crippen molar-refractivity contribution in [3.63, 3.8) is 0 Å². The van der Waals surface area contributed by atoms with Crippen molar-refractivity contribution in [3.8, 4) is 11.5 Å². The summed E-state index contributed by atoms with van der Waals surface area (Å²) in [4.78, 5) is 17.1. The van der Waals surface area contributed by atoms with E-state index in [4.69, 9.17) is 9.47 Å². The van der Waals surface area contributed by atoms with Gasteiger partial charge in [-0.2, -0.15) is 0 Å². The summed E-state index contributed by atoms with van der Waals surface area (Å²) in [5.41, 5.74) is 2.27. The predicted octanol–water partition coefficient (Wildman–Crippen LogP) is 4.00. The molecule has 1 spiro atoms. The molecule has 1 N–H and O–H groups in total. The van der Waals surface area contributed by atoms with Crippen molar-refractivity contribution in [1.29, 1.82) is 0 Å². The first-order valence-corrected chi connectivity index (χ1v) is 10.9. The van der Waals surface area contributed by atoms with Crippen LogP contribution in [-0.4, -0.2) is 56.2 Å². The summed E-state index contributed by atoms with van der Waals surface area (Å²) in [5, 5.41) is 3.33. The maximum absolute atomic E-state index is 12.8. The zero-order valence-electron chi connectivity index (χ0n) is 19.0. The normalized spacial score (nSPS) is 25.7. The molecule has 0 radical (unpaired) electrons. The number of carbonyl (C=O) groups excluding carboxylic acids is 1. The van der Waals surface area contributed by atoms with E-state index >= 15 is 0 Å². The van der Waals surface area contributed by atoms with E-state index in [-0.39, 0.29) is 17.1 Å². The molecule has 2 amide bonds. The van der Waals surface area contributed by atoms with E-state index in [1.54, 1.807) is 14.2 Å². The zero-order valence-corrected chi connectivity index (χ0v) is 19.0. The number of carbonyl (C=O) groups is 1. The predicted molar refractivity (Wildman–Crippen MR) is 121 cm³/mol. The van der Waals surface area contributed by atoms with E-state index < -0.39 is 0 Å². The Morgan fingerprint density at radius 3 is 2.26 bits per heavy atom. The Hall–Kier alpha value is -2.73. The molecule has 1 aliphatic heterocycles. The minimum atomic E-state index is -0.151. The molecule has 6 nitrogen and oxygen atoms in total. The second-order valence-corrected chi connectivity index (χ2v) is 9.05. The number of nitrogens with zero attached hydrogens (tertiary/aromatic N) is 2. The van der Waals surface area contributed by atoms with Crippen LogP contribution >= 0.6 is 0 Å². The summed E-state index contributed by atoms with van der Waals surface area (Å²) < 4.78 is 10.7. The van der Waals surface area contributed by atoms with Crippen LogP contribution in [0.4, 0.5) is 4.79 Å². The van der Waals surface area contributed by atoms with Crippen LogP contribution in [0.15, 0.2) is 48.5 Å². The van der Waals surface area contributed by atoms with Crippen LogP contribution in [0, 0.1) is 0 Å². The monoisotopic (exact) mass is 423 g/mol.